The molecule has 0 unspecified atom stereocenters. The van der Waals surface area contributed by atoms with Crippen molar-refractivity contribution in [3.63, 3.8) is 0 Å². The maximum Gasteiger partial charge on any atom is 0.310 e. The molecule has 0 aromatic carbocycles. The number of aromatic nitrogens is 8. The monoisotopic (exact) mass is 1810 g/mol. The Bertz CT molecular complexity index is 4530. The van der Waals surface area contributed by atoms with Crippen LogP contribution in [-0.2, 0) is 12.8 Å². The number of hydrogen-bond donors (Lipinski definition) is 23. The predicted octanol–water partition coefficient (Wildman–Crippen LogP) is 19.6. The van der Waals surface area contributed by atoms with Gasteiger partial charge in [0.1, 0.15) is 34.0 Å². The Kier molecular flexibility index (Phi) is 30.0. The molecule has 0 aliphatic carbocycles. The molecule has 15 aliphatic rings. The van der Waals surface area contributed by atoms with Crippen LogP contribution in [0.15, 0.2) is 266 Å². The van der Waals surface area contributed by atoms with Gasteiger partial charge in [-0.3, -0.25) is 9.97 Å². The number of nitrogens with one attached hydrogen (secondary N) is 23. The SMILES string of the molecule is C1=CNc2[nH]ccc2C1.C1=CNc2cc[nH]c2C1.c1cc2c([nH]1)NCN2.c1cc2c([nH]1)NCO2.c1cc2c([nH]1)NCS2.c1cc2c([nH]1)OCN2.c1cc2c(cn1)NCS2.c1cc2c(cn1)SCN2.c1cc2c(o1)NCN2.c1cc2c(o1)NCO2.c1cc2c(o1)NCS2.c1cc2c(o1)OCN2.c1cc2c(o1)SCN2.c1cc2c(s1)NCO2.c1cc2c(s1)OCN2. The average Bonchev–Trinajstić information content (AvgIpc) is 1.74. The van der Waals surface area contributed by atoms with E-state index in [4.69, 9.17) is 50.5 Å². The van der Waals surface area contributed by atoms with Gasteiger partial charge in [0.25, 0.3) is 0 Å². The third-order valence-corrected chi connectivity index (χ3v) is 24.5. The predicted molar refractivity (Wildman–Crippen MR) is 499 cm³/mol. The van der Waals surface area contributed by atoms with Gasteiger partial charge in [0.2, 0.25) is 23.5 Å². The largest absolute Gasteiger partial charge is 0.470 e. The van der Waals surface area contributed by atoms with Gasteiger partial charge in [-0.2, -0.15) is 0 Å². The minimum absolute atomic E-state index is 0.537. The summed E-state index contributed by atoms with van der Waals surface area (Å²) in [6.07, 6.45) is 37.2. The third-order valence-electron chi connectivity index (χ3n) is 18.2. The molecule has 23 N–H and O–H groups in total. The first-order valence-electron chi connectivity index (χ1n) is 38.7. The number of anilines is 17. The highest BCUT2D eigenvalue weighted by Crippen LogP contribution is 2.40. The normalized spacial score (nSPS) is 14.7. The number of thiophene rings is 2. The Morgan fingerprint density at radius 1 is 0.315 bits per heavy atom. The number of aromatic amines is 6. The molecule has 43 heteroatoms. The topological polar surface area (TPSA) is 446 Å². The first-order valence-corrected chi connectivity index (χ1v) is 45.4. The van der Waals surface area contributed by atoms with Gasteiger partial charge in [0.05, 0.1) is 140 Å². The van der Waals surface area contributed by atoms with Gasteiger partial charge in [0.15, 0.2) is 67.8 Å². The highest BCUT2D eigenvalue weighted by Gasteiger charge is 2.19. The fourth-order valence-electron chi connectivity index (χ4n) is 12.1. The van der Waals surface area contributed by atoms with E-state index < -0.39 is 0 Å². The minimum atomic E-state index is 0.537. The maximum absolute atomic E-state index is 5.15. The number of fused-ring (bicyclic) bond motifs is 15. The number of ether oxygens (including phenoxy) is 6. The lowest BCUT2D eigenvalue weighted by molar-refractivity contribution is 0.283. The Balaban J connectivity index is 0.0000000982. The van der Waals surface area contributed by atoms with E-state index in [2.05, 4.69) is 155 Å². The molecule has 0 spiro atoms. The Labute approximate surface area is 739 Å². The number of H-pyrrole nitrogens is 6. The summed E-state index contributed by atoms with van der Waals surface area (Å²) in [6.45, 7) is 5.19. The van der Waals surface area contributed by atoms with Crippen molar-refractivity contribution in [3.05, 3.63) is 231 Å². The maximum atomic E-state index is 5.15. The zero-order chi connectivity index (χ0) is 83.8. The molecule has 0 saturated heterocycles. The second-order valence-electron chi connectivity index (χ2n) is 26.0. The van der Waals surface area contributed by atoms with E-state index in [1.165, 1.54) is 59.4 Å². The zero-order valence-electron chi connectivity index (χ0n) is 66.1. The summed E-state index contributed by atoms with van der Waals surface area (Å²) in [5, 5.41) is 59.6. The first kappa shape index (κ1) is 84.0. The summed E-state index contributed by atoms with van der Waals surface area (Å²) in [5.41, 5.74) is 12.7. The van der Waals surface area contributed by atoms with Crippen LogP contribution in [0.5, 0.6) is 34.1 Å². The average molecular weight is 1810 g/mol. The molecule has 0 fully saturated rings. The lowest BCUT2D eigenvalue weighted by Crippen LogP contribution is -2.00. The Hall–Kier alpha value is -13.6. The van der Waals surface area contributed by atoms with Gasteiger partial charge in [-0.1, -0.05) is 35.7 Å². The molecule has 0 amide bonds. The summed E-state index contributed by atoms with van der Waals surface area (Å²) in [5.74, 6) is 16.0. The molecule has 646 valence electrons. The molecule has 0 radical (unpaired) electrons. The van der Waals surface area contributed by atoms with Crippen LogP contribution in [0, 0.1) is 0 Å². The van der Waals surface area contributed by atoms with Gasteiger partial charge < -0.3 is 171 Å². The second-order valence-corrected chi connectivity index (χ2v) is 32.8. The van der Waals surface area contributed by atoms with E-state index >= 15 is 0 Å². The van der Waals surface area contributed by atoms with Crippen molar-refractivity contribution in [1.29, 1.82) is 0 Å². The van der Waals surface area contributed by atoms with Crippen molar-refractivity contribution in [1.82, 2.24) is 39.9 Å². The molecular formula is C81H89N25O11S7. The van der Waals surface area contributed by atoms with Crippen molar-refractivity contribution < 1.29 is 50.5 Å². The van der Waals surface area contributed by atoms with Gasteiger partial charge in [-0.15, -0.1) is 58.0 Å². The zero-order valence-corrected chi connectivity index (χ0v) is 71.8. The fourth-order valence-corrected chi connectivity index (χ4v) is 17.6. The highest BCUT2D eigenvalue weighted by molar-refractivity contribution is 8.00. The Morgan fingerprint density at radius 3 is 1.84 bits per heavy atom. The third kappa shape index (κ3) is 23.6. The van der Waals surface area contributed by atoms with Crippen molar-refractivity contribution in [2.75, 3.05) is 173 Å². The summed E-state index contributed by atoms with van der Waals surface area (Å²) in [4.78, 5) is 31.4. The Morgan fingerprint density at radius 2 is 0.968 bits per heavy atom. The molecule has 15 aromatic rings. The molecule has 30 heterocycles. The van der Waals surface area contributed by atoms with Crippen molar-refractivity contribution in [2.24, 2.45) is 0 Å². The van der Waals surface area contributed by atoms with Gasteiger partial charge in [0, 0.05) is 103 Å². The van der Waals surface area contributed by atoms with Crippen LogP contribution in [0.4, 0.5) is 97.1 Å². The van der Waals surface area contributed by atoms with Crippen LogP contribution >= 0.6 is 81.5 Å². The van der Waals surface area contributed by atoms with Gasteiger partial charge in [-0.05, 0) is 95.8 Å². The number of allylic oxidation sites excluding steroid dienone is 2. The van der Waals surface area contributed by atoms with Crippen molar-refractivity contribution in [3.8, 4) is 34.1 Å². The number of pyridine rings is 2. The van der Waals surface area contributed by atoms with E-state index in [-0.39, 0.29) is 0 Å². The van der Waals surface area contributed by atoms with E-state index in [0.29, 0.717) is 46.3 Å². The van der Waals surface area contributed by atoms with E-state index in [9.17, 15) is 0 Å². The van der Waals surface area contributed by atoms with E-state index in [0.717, 1.165) is 157 Å². The van der Waals surface area contributed by atoms with Crippen LogP contribution < -0.4 is 119 Å². The number of nitrogens with zero attached hydrogens (tertiary/aromatic N) is 2. The van der Waals surface area contributed by atoms with Crippen molar-refractivity contribution >= 4 is 179 Å². The van der Waals surface area contributed by atoms with Crippen LogP contribution in [0.3, 0.4) is 0 Å². The lowest BCUT2D eigenvalue weighted by atomic mass is 10.2. The second kappa shape index (κ2) is 44.3. The fraction of sp³-hybridized carbons (Fsp3) is 0.185. The molecule has 0 atom stereocenters. The summed E-state index contributed by atoms with van der Waals surface area (Å²) in [7, 11) is 0. The first-order chi connectivity index (χ1) is 61.5. The molecule has 15 aromatic heterocycles. The molecular weight excluding hydrogens is 1720 g/mol. The molecule has 36 nitrogen and oxygen atoms in total. The molecule has 30 rings (SSSR count). The number of thioether (sulfide) groups is 5. The quantitative estimate of drug-likeness (QED) is 0.0670. The van der Waals surface area contributed by atoms with Crippen LogP contribution in [0.2, 0.25) is 0 Å². The molecule has 0 saturated carbocycles. The molecule has 15 aliphatic heterocycles. The minimum Gasteiger partial charge on any atom is -0.470 e. The highest BCUT2D eigenvalue weighted by atomic mass is 32.2. The van der Waals surface area contributed by atoms with E-state index in [1.54, 1.807) is 102 Å². The lowest BCUT2D eigenvalue weighted by Gasteiger charge is -2.05. The summed E-state index contributed by atoms with van der Waals surface area (Å²) < 4.78 is 55.4. The van der Waals surface area contributed by atoms with E-state index in [1.807, 2.05) is 175 Å². The van der Waals surface area contributed by atoms with Crippen LogP contribution in [0.1, 0.15) is 11.3 Å². The summed E-state index contributed by atoms with van der Waals surface area (Å²) in [6, 6.07) is 29.5. The van der Waals surface area contributed by atoms with Gasteiger partial charge >= 0.3 is 5.95 Å². The molecule has 0 bridgehead atoms. The van der Waals surface area contributed by atoms with Crippen LogP contribution in [0.25, 0.3) is 0 Å². The summed E-state index contributed by atoms with van der Waals surface area (Å²) >= 11 is 12.2. The number of rotatable bonds is 0. The number of furan rings is 5. The smallest absolute Gasteiger partial charge is 0.310 e. The molecule has 124 heavy (non-hydrogen) atoms. The standard InChI is InChI=1S/2C7H8N2.2C6H6N2S.C5H7N3.3C5H6N2O.C5H6N2S.2C5H5NO2.4C5H5NOS/c1-2-6-7(8-4-1)3-5-9-6;1-2-6-3-5-9-7(6)8-4-1;1-2-7-3-5-6(1)9-4-8-5;1-2-7-3-6-5(1)8-4-9-6;1-2-6-5-4(1)7-3-8-5;1-2-8-5-4(1)6-3-7-5;1-2-6-5-4(1)8-3-7-5;1-2-6-5-4(1)7-3-8-5;1-2-6-5-4(1)8-3-7-5;1-2-7-5-4(1)8-3-6-5;1-2-7-5-4(1)6-3-8-5;1-2-8-5-4(1)7-3-6-5;1-2-7-5-4(1)8-3-6-5;1-2-8-5-4(1)6-3-7-5;1-2-7-5-4(1)6-3-8-5/h2*1,3-5,8-9H,2H2;2*1-3,8H,4H2;1-2,6-8H,3H2;4*1-2,6-7H,3H2;6*1-2,6H,3H2. The van der Waals surface area contributed by atoms with Crippen LogP contribution in [-0.4, -0.2) is 123 Å². The number of hydrogen-bond acceptors (Lipinski definition) is 37. The van der Waals surface area contributed by atoms with Crippen molar-refractivity contribution in [2.45, 2.75) is 37.5 Å². The van der Waals surface area contributed by atoms with Gasteiger partial charge in [-0.25, -0.2) is 0 Å².